The Balaban J connectivity index is 1.54. The van der Waals surface area contributed by atoms with Gasteiger partial charge in [0.2, 0.25) is 0 Å². The number of hydrogen-bond donors (Lipinski definition) is 2. The van der Waals surface area contributed by atoms with E-state index in [0.29, 0.717) is 25.4 Å². The molecule has 25 heavy (non-hydrogen) atoms. The Morgan fingerprint density at radius 1 is 1.32 bits per heavy atom. The molecule has 0 spiro atoms. The van der Waals surface area contributed by atoms with Crippen molar-refractivity contribution in [1.29, 1.82) is 0 Å². The average molecular weight is 348 g/mol. The lowest BCUT2D eigenvalue weighted by molar-refractivity contribution is -0.157. The van der Waals surface area contributed by atoms with Crippen LogP contribution in [-0.2, 0) is 18.4 Å². The molecular formula is C19H32N4O2. The number of carbonyl (C=O) groups excluding carboxylic acids is 1. The number of piperidine rings is 1. The molecule has 140 valence electrons. The van der Waals surface area contributed by atoms with Gasteiger partial charge in [0, 0.05) is 44.5 Å². The van der Waals surface area contributed by atoms with Crippen LogP contribution >= 0.6 is 0 Å². The number of likely N-dealkylation sites (tertiary alicyclic amines) is 1. The van der Waals surface area contributed by atoms with Crippen molar-refractivity contribution in [3.05, 3.63) is 17.5 Å². The molecule has 2 N–H and O–H groups in total. The first-order valence-electron chi connectivity index (χ1n) is 9.69. The summed E-state index contributed by atoms with van der Waals surface area (Å²) in [5, 5.41) is 18.4. The van der Waals surface area contributed by atoms with Gasteiger partial charge < -0.3 is 15.3 Å². The molecule has 1 amide bonds. The highest BCUT2D eigenvalue weighted by atomic mass is 16.3. The summed E-state index contributed by atoms with van der Waals surface area (Å²) < 4.78 is 1.84. The lowest BCUT2D eigenvalue weighted by atomic mass is 9.86. The molecule has 1 aliphatic heterocycles. The van der Waals surface area contributed by atoms with Crippen molar-refractivity contribution >= 4 is 5.91 Å². The Morgan fingerprint density at radius 2 is 2.08 bits per heavy atom. The van der Waals surface area contributed by atoms with E-state index in [0.717, 1.165) is 30.8 Å². The van der Waals surface area contributed by atoms with Gasteiger partial charge in [0.05, 0.1) is 6.20 Å². The van der Waals surface area contributed by atoms with Gasteiger partial charge in [-0.25, -0.2) is 0 Å². The van der Waals surface area contributed by atoms with Gasteiger partial charge in [0.15, 0.2) is 5.60 Å². The van der Waals surface area contributed by atoms with E-state index in [1.807, 2.05) is 29.7 Å². The Hall–Kier alpha value is -1.40. The molecule has 2 heterocycles. The first-order chi connectivity index (χ1) is 12.0. The lowest BCUT2D eigenvalue weighted by Crippen LogP contribution is -2.58. The predicted octanol–water partition coefficient (Wildman–Crippen LogP) is 1.75. The van der Waals surface area contributed by atoms with Gasteiger partial charge in [0.1, 0.15) is 0 Å². The van der Waals surface area contributed by atoms with Crippen LogP contribution < -0.4 is 5.32 Å². The van der Waals surface area contributed by atoms with E-state index < -0.39 is 5.60 Å². The zero-order valence-corrected chi connectivity index (χ0v) is 15.6. The third-order valence-corrected chi connectivity index (χ3v) is 5.98. The highest BCUT2D eigenvalue weighted by Crippen LogP contribution is 2.28. The van der Waals surface area contributed by atoms with Crippen LogP contribution in [0.1, 0.15) is 56.2 Å². The molecule has 1 aromatic rings. The Bertz CT molecular complexity index is 594. The van der Waals surface area contributed by atoms with Crippen molar-refractivity contribution in [1.82, 2.24) is 20.0 Å². The fraction of sp³-hybridized carbons (Fsp3) is 0.789. The van der Waals surface area contributed by atoms with Crippen molar-refractivity contribution in [3.8, 4) is 0 Å². The summed E-state index contributed by atoms with van der Waals surface area (Å²) in [5.41, 5.74) is 0.949. The second-order valence-electron chi connectivity index (χ2n) is 7.87. The van der Waals surface area contributed by atoms with Crippen LogP contribution in [0.2, 0.25) is 0 Å². The first kappa shape index (κ1) is 18.4. The maximum Gasteiger partial charge on any atom is 0.255 e. The van der Waals surface area contributed by atoms with E-state index in [9.17, 15) is 9.90 Å². The molecule has 1 saturated heterocycles. The van der Waals surface area contributed by atoms with E-state index in [-0.39, 0.29) is 5.91 Å². The van der Waals surface area contributed by atoms with Crippen molar-refractivity contribution < 1.29 is 9.90 Å². The summed E-state index contributed by atoms with van der Waals surface area (Å²) in [4.78, 5) is 14.8. The number of carbonyl (C=O) groups is 1. The largest absolute Gasteiger partial charge is 0.379 e. The fourth-order valence-electron chi connectivity index (χ4n) is 4.21. The molecule has 6 nitrogen and oxygen atoms in total. The number of amides is 1. The number of nitrogens with one attached hydrogen (secondary N) is 1. The molecule has 0 radical (unpaired) electrons. The third kappa shape index (κ3) is 4.23. The summed E-state index contributed by atoms with van der Waals surface area (Å²) in [6, 6.07) is 0. The molecule has 1 aliphatic carbocycles. The molecule has 2 aliphatic rings. The van der Waals surface area contributed by atoms with Crippen LogP contribution in [0.25, 0.3) is 0 Å². The molecule has 0 unspecified atom stereocenters. The van der Waals surface area contributed by atoms with Crippen LogP contribution in [0.5, 0.6) is 0 Å². The quantitative estimate of drug-likeness (QED) is 0.822. The second kappa shape index (κ2) is 7.87. The molecule has 1 atom stereocenters. The summed E-state index contributed by atoms with van der Waals surface area (Å²) in [6.07, 6.45) is 9.60. The van der Waals surface area contributed by atoms with E-state index in [2.05, 4.69) is 10.4 Å². The first-order valence-corrected chi connectivity index (χ1v) is 9.69. The summed E-state index contributed by atoms with van der Waals surface area (Å²) in [5.74, 6) is 0.533. The molecular weight excluding hydrogens is 316 g/mol. The van der Waals surface area contributed by atoms with Crippen LogP contribution in [-0.4, -0.2) is 50.9 Å². The third-order valence-electron chi connectivity index (χ3n) is 5.98. The standard InChI is InChI=1S/C19H32N4O2/c1-15-17(12-21-22(15)2)11-20-14-19(25)9-6-10-23(18(19)24)13-16-7-4-3-5-8-16/h12,16,20,25H,3-11,13-14H2,1-2H3/t19-/m0/s1. The smallest absolute Gasteiger partial charge is 0.255 e. The maximum atomic E-state index is 12.9. The predicted molar refractivity (Wildman–Crippen MR) is 97.0 cm³/mol. The van der Waals surface area contributed by atoms with Gasteiger partial charge in [-0.05, 0) is 38.5 Å². The summed E-state index contributed by atoms with van der Waals surface area (Å²) in [7, 11) is 1.92. The average Bonchev–Trinajstić information content (AvgIpc) is 2.92. The Kier molecular flexibility index (Phi) is 5.79. The van der Waals surface area contributed by atoms with Gasteiger partial charge in [-0.15, -0.1) is 0 Å². The highest BCUT2D eigenvalue weighted by molar-refractivity contribution is 5.86. The Morgan fingerprint density at radius 3 is 2.76 bits per heavy atom. The molecule has 1 aromatic heterocycles. The van der Waals surface area contributed by atoms with Crippen molar-refractivity contribution in [2.75, 3.05) is 19.6 Å². The van der Waals surface area contributed by atoms with E-state index in [4.69, 9.17) is 0 Å². The van der Waals surface area contributed by atoms with Gasteiger partial charge in [-0.1, -0.05) is 19.3 Å². The van der Waals surface area contributed by atoms with Gasteiger partial charge in [0.25, 0.3) is 5.91 Å². The van der Waals surface area contributed by atoms with Gasteiger partial charge >= 0.3 is 0 Å². The van der Waals surface area contributed by atoms with Crippen molar-refractivity contribution in [2.45, 2.75) is 64.0 Å². The zero-order valence-electron chi connectivity index (χ0n) is 15.6. The van der Waals surface area contributed by atoms with Crippen molar-refractivity contribution in [3.63, 3.8) is 0 Å². The van der Waals surface area contributed by atoms with Crippen LogP contribution in [0.3, 0.4) is 0 Å². The van der Waals surface area contributed by atoms with E-state index in [1.54, 1.807) is 0 Å². The maximum absolute atomic E-state index is 12.9. The monoisotopic (exact) mass is 348 g/mol. The number of aromatic nitrogens is 2. The number of aliphatic hydroxyl groups is 1. The molecule has 2 fully saturated rings. The van der Waals surface area contributed by atoms with E-state index >= 15 is 0 Å². The molecule has 0 aromatic carbocycles. The SMILES string of the molecule is Cc1c(CNC[C@@]2(O)CCCN(CC3CCCCC3)C2=O)cnn1C. The Labute approximate surface area is 150 Å². The van der Waals surface area contributed by atoms with Crippen molar-refractivity contribution in [2.24, 2.45) is 13.0 Å². The van der Waals surface area contributed by atoms with Crippen LogP contribution in [0.4, 0.5) is 0 Å². The second-order valence-corrected chi connectivity index (χ2v) is 7.87. The van der Waals surface area contributed by atoms with E-state index in [1.165, 1.54) is 32.1 Å². The van der Waals surface area contributed by atoms with Gasteiger partial charge in [-0.3, -0.25) is 9.48 Å². The van der Waals surface area contributed by atoms with Crippen LogP contribution in [0, 0.1) is 12.8 Å². The topological polar surface area (TPSA) is 70.4 Å². The summed E-state index contributed by atoms with van der Waals surface area (Å²) in [6.45, 7) is 4.57. The minimum Gasteiger partial charge on any atom is -0.379 e. The molecule has 0 bridgehead atoms. The highest BCUT2D eigenvalue weighted by Gasteiger charge is 2.42. The number of aryl methyl sites for hydroxylation is 1. The summed E-state index contributed by atoms with van der Waals surface area (Å²) >= 11 is 0. The number of rotatable bonds is 6. The number of hydrogen-bond acceptors (Lipinski definition) is 4. The molecule has 6 heteroatoms. The minimum atomic E-state index is -1.26. The molecule has 1 saturated carbocycles. The van der Waals surface area contributed by atoms with Crippen LogP contribution in [0.15, 0.2) is 6.20 Å². The normalized spacial score (nSPS) is 25.6. The lowest BCUT2D eigenvalue weighted by Gasteiger charge is -2.40. The van der Waals surface area contributed by atoms with Gasteiger partial charge in [-0.2, -0.15) is 5.10 Å². The molecule has 3 rings (SSSR count). The fourth-order valence-corrected chi connectivity index (χ4v) is 4.21. The zero-order chi connectivity index (χ0) is 17.9. The minimum absolute atomic E-state index is 0.0836. The number of nitrogens with zero attached hydrogens (tertiary/aromatic N) is 3.